The van der Waals surface area contributed by atoms with E-state index in [2.05, 4.69) is 23.9 Å². The van der Waals surface area contributed by atoms with E-state index in [1.807, 2.05) is 37.3 Å². The van der Waals surface area contributed by atoms with Crippen LogP contribution in [0.15, 0.2) is 34.7 Å². The van der Waals surface area contributed by atoms with Crippen molar-refractivity contribution < 1.29 is 9.21 Å². The number of carbonyl (C=O) groups excluding carboxylic acids is 1. The molecule has 0 radical (unpaired) electrons. The molecule has 1 saturated heterocycles. The molecule has 4 rings (SSSR count). The molecular weight excluding hydrogens is 350 g/mol. The first-order valence-electron chi connectivity index (χ1n) is 8.68. The van der Waals surface area contributed by atoms with Gasteiger partial charge in [0.15, 0.2) is 0 Å². The third-order valence-corrected chi connectivity index (χ3v) is 5.11. The quantitative estimate of drug-likeness (QED) is 0.742. The summed E-state index contributed by atoms with van der Waals surface area (Å²) in [5.41, 5.74) is 2.30. The van der Waals surface area contributed by atoms with Crippen molar-refractivity contribution in [2.45, 2.75) is 13.5 Å². The maximum absolute atomic E-state index is 12.4. The van der Waals surface area contributed by atoms with Crippen LogP contribution in [0.1, 0.15) is 11.5 Å². The lowest BCUT2D eigenvalue weighted by atomic mass is 10.2. The topological polar surface area (TPSA) is 74.5 Å². The molecule has 1 N–H and O–H groups in total. The number of aromatic nitrogens is 2. The molecule has 0 atom stereocenters. The molecule has 1 aliphatic rings. The molecule has 1 amide bonds. The lowest BCUT2D eigenvalue weighted by Crippen LogP contribution is -2.48. The lowest BCUT2D eigenvalue weighted by Gasteiger charge is -2.33. The Balaban J connectivity index is 1.27. The fourth-order valence-corrected chi connectivity index (χ4v) is 3.75. The number of hydrogen-bond donors (Lipinski definition) is 1. The van der Waals surface area contributed by atoms with Gasteiger partial charge in [-0.25, -0.2) is 0 Å². The third-order valence-electron chi connectivity index (χ3n) is 4.57. The van der Waals surface area contributed by atoms with Crippen molar-refractivity contribution >= 4 is 34.4 Å². The van der Waals surface area contributed by atoms with E-state index in [0.29, 0.717) is 6.54 Å². The Labute approximate surface area is 155 Å². The van der Waals surface area contributed by atoms with Gasteiger partial charge in [0.1, 0.15) is 22.6 Å². The average molecular weight is 371 g/mol. The normalized spacial score (nSPS) is 16.2. The number of nitrogens with zero attached hydrogens (tertiary/aromatic N) is 4. The summed E-state index contributed by atoms with van der Waals surface area (Å²) in [5.74, 6) is 1.93. The van der Waals surface area contributed by atoms with E-state index in [9.17, 15) is 4.79 Å². The Bertz CT molecular complexity index is 898. The summed E-state index contributed by atoms with van der Waals surface area (Å²) >= 11 is 1.16. The second-order valence-electron chi connectivity index (χ2n) is 6.55. The maximum atomic E-state index is 12.4. The molecule has 7 nitrogen and oxygen atoms in total. The van der Waals surface area contributed by atoms with E-state index < -0.39 is 0 Å². The van der Waals surface area contributed by atoms with E-state index in [4.69, 9.17) is 4.42 Å². The van der Waals surface area contributed by atoms with Crippen LogP contribution in [-0.2, 0) is 11.3 Å². The second-order valence-corrected chi connectivity index (χ2v) is 7.08. The summed E-state index contributed by atoms with van der Waals surface area (Å²) in [6.07, 6.45) is 0. The molecule has 136 valence electrons. The average Bonchev–Trinajstić information content (AvgIpc) is 3.26. The van der Waals surface area contributed by atoms with E-state index in [1.165, 1.54) is 0 Å². The lowest BCUT2D eigenvalue weighted by molar-refractivity contribution is -0.117. The van der Waals surface area contributed by atoms with Gasteiger partial charge in [-0.15, -0.1) is 0 Å². The zero-order valence-corrected chi connectivity index (χ0v) is 15.5. The number of nitrogens with one attached hydrogen (secondary N) is 1. The van der Waals surface area contributed by atoms with Crippen LogP contribution in [-0.4, -0.2) is 57.2 Å². The Kier molecular flexibility index (Phi) is 4.96. The molecule has 0 aliphatic carbocycles. The van der Waals surface area contributed by atoms with E-state index in [-0.39, 0.29) is 5.91 Å². The summed E-state index contributed by atoms with van der Waals surface area (Å²) < 4.78 is 14.1. The van der Waals surface area contributed by atoms with Crippen molar-refractivity contribution in [1.82, 2.24) is 18.5 Å². The summed E-state index contributed by atoms with van der Waals surface area (Å²) in [6.45, 7) is 6.78. The predicted octanol–water partition coefficient (Wildman–Crippen LogP) is 2.35. The highest BCUT2D eigenvalue weighted by Crippen LogP contribution is 2.21. The van der Waals surface area contributed by atoms with Crippen molar-refractivity contribution in [3.05, 3.63) is 41.9 Å². The van der Waals surface area contributed by atoms with Crippen molar-refractivity contribution in [3.63, 3.8) is 0 Å². The van der Waals surface area contributed by atoms with Gasteiger partial charge in [-0.1, -0.05) is 6.07 Å². The van der Waals surface area contributed by atoms with Gasteiger partial charge in [0.2, 0.25) is 5.91 Å². The van der Waals surface area contributed by atoms with Gasteiger partial charge >= 0.3 is 0 Å². The number of piperazine rings is 1. The van der Waals surface area contributed by atoms with Gasteiger partial charge in [-0.2, -0.15) is 8.75 Å². The van der Waals surface area contributed by atoms with Crippen LogP contribution in [0.2, 0.25) is 0 Å². The largest absolute Gasteiger partial charge is 0.465 e. The molecule has 1 aromatic carbocycles. The van der Waals surface area contributed by atoms with Crippen LogP contribution in [0, 0.1) is 6.92 Å². The highest BCUT2D eigenvalue weighted by atomic mass is 32.1. The number of carbonyl (C=O) groups is 1. The van der Waals surface area contributed by atoms with E-state index in [0.717, 1.165) is 72.7 Å². The van der Waals surface area contributed by atoms with Crippen LogP contribution in [0.25, 0.3) is 11.0 Å². The Morgan fingerprint density at radius 3 is 2.73 bits per heavy atom. The number of hydrogen-bond acceptors (Lipinski definition) is 7. The fourth-order valence-electron chi connectivity index (χ4n) is 3.20. The van der Waals surface area contributed by atoms with Crippen LogP contribution < -0.4 is 5.32 Å². The minimum Gasteiger partial charge on any atom is -0.465 e. The smallest absolute Gasteiger partial charge is 0.238 e. The van der Waals surface area contributed by atoms with Gasteiger partial charge in [0.05, 0.1) is 30.5 Å². The first-order chi connectivity index (χ1) is 12.7. The molecular formula is C18H21N5O2S. The zero-order chi connectivity index (χ0) is 17.9. The number of fused-ring (bicyclic) bond motifs is 1. The summed E-state index contributed by atoms with van der Waals surface area (Å²) in [6, 6.07) is 9.67. The molecule has 1 fully saturated rings. The molecule has 2 aromatic heterocycles. The summed E-state index contributed by atoms with van der Waals surface area (Å²) in [4.78, 5) is 16.9. The van der Waals surface area contributed by atoms with Crippen LogP contribution in [0.3, 0.4) is 0 Å². The first-order valence-corrected chi connectivity index (χ1v) is 9.41. The van der Waals surface area contributed by atoms with Gasteiger partial charge in [-0.3, -0.25) is 14.6 Å². The summed E-state index contributed by atoms with van der Waals surface area (Å²) in [7, 11) is 0. The monoisotopic (exact) mass is 371 g/mol. The van der Waals surface area contributed by atoms with Gasteiger partial charge in [-0.05, 0) is 31.2 Å². The molecule has 0 spiro atoms. The SMILES string of the molecule is Cc1ccc(CN2CCN(CC(=O)Nc3cccc4nsnc34)CC2)o1. The number of benzene rings is 1. The summed E-state index contributed by atoms with van der Waals surface area (Å²) in [5, 5.41) is 2.97. The van der Waals surface area contributed by atoms with E-state index in [1.54, 1.807) is 0 Å². The minimum atomic E-state index is -0.0133. The molecule has 0 saturated carbocycles. The van der Waals surface area contributed by atoms with Crippen LogP contribution >= 0.6 is 11.7 Å². The number of anilines is 1. The highest BCUT2D eigenvalue weighted by Gasteiger charge is 2.20. The van der Waals surface area contributed by atoms with Crippen LogP contribution in [0.5, 0.6) is 0 Å². The number of furan rings is 1. The molecule has 0 unspecified atom stereocenters. The zero-order valence-electron chi connectivity index (χ0n) is 14.6. The number of aryl methyl sites for hydroxylation is 1. The standard InChI is InChI=1S/C18H21N5O2S/c1-13-5-6-14(25-13)11-22-7-9-23(10-8-22)12-17(24)19-15-3-2-4-16-18(15)21-26-20-16/h2-6H,7-12H2,1H3,(H,19,24). The number of rotatable bonds is 5. The fraction of sp³-hybridized carbons (Fsp3) is 0.389. The van der Waals surface area contributed by atoms with Gasteiger partial charge in [0.25, 0.3) is 0 Å². The highest BCUT2D eigenvalue weighted by molar-refractivity contribution is 7.00. The molecule has 3 aromatic rings. The first kappa shape index (κ1) is 17.1. The van der Waals surface area contributed by atoms with Crippen LogP contribution in [0.4, 0.5) is 5.69 Å². The van der Waals surface area contributed by atoms with Gasteiger partial charge in [0, 0.05) is 26.2 Å². The Morgan fingerprint density at radius 1 is 1.15 bits per heavy atom. The third kappa shape index (κ3) is 3.92. The molecule has 3 heterocycles. The Hall–Kier alpha value is -2.29. The maximum Gasteiger partial charge on any atom is 0.238 e. The minimum absolute atomic E-state index is 0.0133. The Morgan fingerprint density at radius 2 is 1.96 bits per heavy atom. The molecule has 0 bridgehead atoms. The van der Waals surface area contributed by atoms with Crippen molar-refractivity contribution in [3.8, 4) is 0 Å². The van der Waals surface area contributed by atoms with E-state index >= 15 is 0 Å². The van der Waals surface area contributed by atoms with Gasteiger partial charge < -0.3 is 9.73 Å². The molecule has 1 aliphatic heterocycles. The molecule has 8 heteroatoms. The second kappa shape index (κ2) is 7.53. The van der Waals surface area contributed by atoms with Crippen molar-refractivity contribution in [2.75, 3.05) is 38.0 Å². The van der Waals surface area contributed by atoms with Crippen molar-refractivity contribution in [1.29, 1.82) is 0 Å². The number of amides is 1. The predicted molar refractivity (Wildman–Crippen MR) is 101 cm³/mol. The molecule has 26 heavy (non-hydrogen) atoms. The van der Waals surface area contributed by atoms with Crippen molar-refractivity contribution in [2.24, 2.45) is 0 Å².